The average molecular weight is 373 g/mol. The molecule has 0 N–H and O–H groups in total. The fraction of sp³-hybridized carbons (Fsp3) is 0.600. The Kier molecular flexibility index (Phi) is 3.91. The number of hydrogen-bond donors (Lipinski definition) is 0. The normalized spacial score (nSPS) is 22.1. The fourth-order valence-corrected chi connectivity index (χ4v) is 1.57. The summed E-state index contributed by atoms with van der Waals surface area (Å²) in [5, 5.41) is 0. The molecule has 1 rings (SSSR count). The van der Waals surface area contributed by atoms with Crippen molar-refractivity contribution in [1.29, 1.82) is 0 Å². The summed E-state index contributed by atoms with van der Waals surface area (Å²) in [6, 6.07) is 0. The van der Waals surface area contributed by atoms with Gasteiger partial charge in [0.15, 0.2) is 0 Å². The molecule has 0 aromatic heterocycles. The summed E-state index contributed by atoms with van der Waals surface area (Å²) >= 11 is -11.2. The van der Waals surface area contributed by atoms with E-state index in [-0.39, 0.29) is 1.43 Å². The van der Waals surface area contributed by atoms with Crippen LogP contribution in [-0.4, -0.2) is 19.5 Å². The predicted molar refractivity (Wildman–Crippen MR) is 59.4 cm³/mol. The first-order valence-electron chi connectivity index (χ1n) is 4.92. The second-order valence-electron chi connectivity index (χ2n) is 4.30. The van der Waals surface area contributed by atoms with Crippen LogP contribution < -0.4 is 0 Å². The molecule has 17 heavy (non-hydrogen) atoms. The third-order valence-corrected chi connectivity index (χ3v) is 3.04. The van der Waals surface area contributed by atoms with Gasteiger partial charge in [0.25, 0.3) is 0 Å². The van der Waals surface area contributed by atoms with E-state index in [1.165, 1.54) is 11.1 Å². The maximum absolute atomic E-state index is 11.2. The Morgan fingerprint density at radius 1 is 0.765 bits per heavy atom. The third-order valence-electron chi connectivity index (χ3n) is 3.04. The Morgan fingerprint density at radius 3 is 1.00 bits per heavy atom. The second-order valence-corrected chi connectivity index (χ2v) is 9.77. The van der Waals surface area contributed by atoms with Crippen LogP contribution in [0.3, 0.4) is 0 Å². The van der Waals surface area contributed by atoms with Crippen LogP contribution in [0.1, 0.15) is 36.0 Å². The van der Waals surface area contributed by atoms with Gasteiger partial charge in [-0.1, -0.05) is 18.1 Å². The molecule has 0 nitrogen and oxygen atoms in total. The molecule has 0 amide bonds. The van der Waals surface area contributed by atoms with Crippen molar-refractivity contribution in [1.82, 2.24) is 0 Å². The van der Waals surface area contributed by atoms with Gasteiger partial charge in [-0.05, 0) is 44.8 Å². The molecule has 0 unspecified atom stereocenters. The Bertz CT molecular complexity index is 353. The molecule has 0 spiro atoms. The summed E-state index contributed by atoms with van der Waals surface area (Å²) in [4.78, 5) is 0. The van der Waals surface area contributed by atoms with Crippen LogP contribution in [0.25, 0.3) is 0 Å². The summed E-state index contributed by atoms with van der Waals surface area (Å²) in [6.45, 7) is 11.2. The SMILES string of the molecule is CC1=C(C)C(C)C(C)=C1C.[F][Sb-]([F])([F])([F])([F])[F].[H+]. The largest absolute Gasteiger partial charge is 1.00 e. The molecular weight excluding hydrogens is 356 g/mol. The van der Waals surface area contributed by atoms with Crippen molar-refractivity contribution in [2.24, 2.45) is 5.92 Å². The minimum atomic E-state index is -11.2. The number of halogens is 6. The molecule has 0 aromatic carbocycles. The van der Waals surface area contributed by atoms with E-state index in [9.17, 15) is 16.9 Å². The van der Waals surface area contributed by atoms with Crippen LogP contribution in [0.15, 0.2) is 22.3 Å². The molecule has 0 radical (unpaired) electrons. The van der Waals surface area contributed by atoms with Crippen LogP contribution in [0.5, 0.6) is 0 Å². The molecule has 0 saturated heterocycles. The van der Waals surface area contributed by atoms with E-state index < -0.39 is 19.5 Å². The Labute approximate surface area is 101 Å². The molecule has 1 aliphatic rings. The Balaban J connectivity index is 0. The minimum absolute atomic E-state index is 0. The van der Waals surface area contributed by atoms with Crippen LogP contribution in [0.2, 0.25) is 0 Å². The fourth-order valence-electron chi connectivity index (χ4n) is 1.57. The van der Waals surface area contributed by atoms with Gasteiger partial charge < -0.3 is 0 Å². The number of rotatable bonds is 0. The predicted octanol–water partition coefficient (Wildman–Crippen LogP) is 5.56. The van der Waals surface area contributed by atoms with Gasteiger partial charge in [0.2, 0.25) is 0 Å². The molecule has 0 aliphatic heterocycles. The summed E-state index contributed by atoms with van der Waals surface area (Å²) < 4.78 is 59.6. The quantitative estimate of drug-likeness (QED) is 0.385. The molecule has 7 heteroatoms. The van der Waals surface area contributed by atoms with Crippen molar-refractivity contribution in [2.45, 2.75) is 34.6 Å². The third kappa shape index (κ3) is 7.74. The van der Waals surface area contributed by atoms with Crippen LogP contribution in [0, 0.1) is 5.92 Å². The van der Waals surface area contributed by atoms with Crippen molar-refractivity contribution in [3.05, 3.63) is 22.3 Å². The second kappa shape index (κ2) is 3.94. The summed E-state index contributed by atoms with van der Waals surface area (Å²) in [6.07, 6.45) is 0. The topological polar surface area (TPSA) is 0 Å². The van der Waals surface area contributed by atoms with Crippen molar-refractivity contribution in [2.75, 3.05) is 0 Å². The van der Waals surface area contributed by atoms with Gasteiger partial charge in [-0.3, -0.25) is 0 Å². The molecule has 104 valence electrons. The first kappa shape index (κ1) is 16.9. The first-order valence-corrected chi connectivity index (χ1v) is 10.7. The number of allylic oxidation sites excluding steroid dienone is 4. The molecule has 0 bridgehead atoms. The maximum Gasteiger partial charge on any atom is 1.00 e. The zero-order valence-corrected chi connectivity index (χ0v) is 12.8. The smallest absolute Gasteiger partial charge is 1.00 e. The van der Waals surface area contributed by atoms with Gasteiger partial charge in [0.05, 0.1) is 0 Å². The van der Waals surface area contributed by atoms with Crippen LogP contribution >= 0.6 is 0 Å². The van der Waals surface area contributed by atoms with Gasteiger partial charge in [-0.15, -0.1) is 0 Å². The zero-order valence-electron chi connectivity index (χ0n) is 11.3. The van der Waals surface area contributed by atoms with E-state index in [1.807, 2.05) is 0 Å². The van der Waals surface area contributed by atoms with E-state index in [0.717, 1.165) is 0 Å². The molecule has 0 atom stereocenters. The first-order chi connectivity index (χ1) is 7.00. The van der Waals surface area contributed by atoms with Crippen molar-refractivity contribution >= 4 is 19.5 Å². The van der Waals surface area contributed by atoms with Gasteiger partial charge in [0.1, 0.15) is 0 Å². The zero-order chi connectivity index (χ0) is 14.3. The average Bonchev–Trinajstić information content (AvgIpc) is 2.18. The maximum atomic E-state index is 9.93. The van der Waals surface area contributed by atoms with E-state index in [0.29, 0.717) is 5.92 Å². The summed E-state index contributed by atoms with van der Waals surface area (Å²) in [7, 11) is 0. The van der Waals surface area contributed by atoms with Gasteiger partial charge in [0, 0.05) is 0 Å². The molecule has 0 fully saturated rings. The van der Waals surface area contributed by atoms with E-state index in [1.54, 1.807) is 11.1 Å². The minimum Gasteiger partial charge on any atom is 1.00 e. The van der Waals surface area contributed by atoms with Crippen molar-refractivity contribution in [3.63, 3.8) is 0 Å². The van der Waals surface area contributed by atoms with Crippen molar-refractivity contribution < 1.29 is 18.3 Å². The molecule has 0 saturated carbocycles. The Hall–Kier alpha value is -0.122. The summed E-state index contributed by atoms with van der Waals surface area (Å²) in [5.41, 5.74) is 6.11. The molecule has 0 aromatic rings. The molecule has 0 heterocycles. The summed E-state index contributed by atoms with van der Waals surface area (Å²) in [5.74, 6) is 0.694. The van der Waals surface area contributed by atoms with Crippen LogP contribution in [0.4, 0.5) is 16.9 Å². The molecular formula is C10H17F6Sb. The Morgan fingerprint density at radius 2 is 0.941 bits per heavy atom. The van der Waals surface area contributed by atoms with E-state index in [2.05, 4.69) is 34.6 Å². The standard InChI is InChI=1S/C10H16.6FH.Sb/c1-6-7(2)9(4)10(5)8(6)3;;;;;;;/h6H,1-5H3;6*1H;/q;;;;;;;+5/p-5. The van der Waals surface area contributed by atoms with Gasteiger partial charge >= 0.3 is 37.8 Å². The van der Waals surface area contributed by atoms with E-state index in [4.69, 9.17) is 0 Å². The monoisotopic (exact) mass is 372 g/mol. The van der Waals surface area contributed by atoms with Crippen LogP contribution in [-0.2, 0) is 0 Å². The van der Waals surface area contributed by atoms with Crippen molar-refractivity contribution in [3.8, 4) is 0 Å². The van der Waals surface area contributed by atoms with Gasteiger partial charge in [-0.25, -0.2) is 0 Å². The number of hydrogen-bond acceptors (Lipinski definition) is 0. The van der Waals surface area contributed by atoms with Gasteiger partial charge in [-0.2, -0.15) is 0 Å². The van der Waals surface area contributed by atoms with E-state index >= 15 is 0 Å². The molecule has 1 aliphatic carbocycles.